The van der Waals surface area contributed by atoms with Crippen LogP contribution in [-0.4, -0.2) is 47.5 Å². The monoisotopic (exact) mass is 211 g/mol. The van der Waals surface area contributed by atoms with Crippen LogP contribution in [0.2, 0.25) is 0 Å². The first-order valence-corrected chi connectivity index (χ1v) is 5.04. The van der Waals surface area contributed by atoms with E-state index >= 15 is 0 Å². The summed E-state index contributed by atoms with van der Waals surface area (Å²) in [6.45, 7) is 8.49. The van der Waals surface area contributed by atoms with Crippen molar-refractivity contribution in [1.29, 1.82) is 0 Å². The van der Waals surface area contributed by atoms with E-state index in [0.29, 0.717) is 13.2 Å². The molecule has 5 heteroatoms. The van der Waals surface area contributed by atoms with Crippen LogP contribution >= 0.6 is 0 Å². The fraction of sp³-hybridized carbons (Fsp3) is 0.600. The summed E-state index contributed by atoms with van der Waals surface area (Å²) in [5.41, 5.74) is 0. The van der Waals surface area contributed by atoms with Crippen molar-refractivity contribution < 1.29 is 9.59 Å². The summed E-state index contributed by atoms with van der Waals surface area (Å²) < 4.78 is 0. The SMILES string of the molecule is C=CC(C)NC(=O)N1CC(=O)N(CC)C1. The molecule has 0 saturated carbocycles. The molecular formula is C10H17N3O2. The van der Waals surface area contributed by atoms with Crippen LogP contribution in [0.5, 0.6) is 0 Å². The largest absolute Gasteiger partial charge is 0.332 e. The number of nitrogens with zero attached hydrogens (tertiary/aromatic N) is 2. The lowest BCUT2D eigenvalue weighted by molar-refractivity contribution is -0.126. The molecule has 1 N–H and O–H groups in total. The molecule has 0 aliphatic carbocycles. The van der Waals surface area contributed by atoms with Crippen LogP contribution in [-0.2, 0) is 4.79 Å². The van der Waals surface area contributed by atoms with E-state index in [-0.39, 0.29) is 24.5 Å². The quantitative estimate of drug-likeness (QED) is 0.687. The predicted molar refractivity (Wildman–Crippen MR) is 57.2 cm³/mol. The molecule has 1 aliphatic rings. The van der Waals surface area contributed by atoms with Crippen molar-refractivity contribution in [1.82, 2.24) is 15.1 Å². The molecule has 1 heterocycles. The normalized spacial score (nSPS) is 17.9. The second-order valence-corrected chi connectivity index (χ2v) is 3.56. The molecule has 1 saturated heterocycles. The third-order valence-electron chi connectivity index (χ3n) is 2.39. The summed E-state index contributed by atoms with van der Waals surface area (Å²) in [6.07, 6.45) is 1.65. The summed E-state index contributed by atoms with van der Waals surface area (Å²) in [5.74, 6) is -0.00101. The zero-order valence-electron chi connectivity index (χ0n) is 9.19. The van der Waals surface area contributed by atoms with E-state index in [9.17, 15) is 9.59 Å². The number of rotatable bonds is 3. The van der Waals surface area contributed by atoms with Gasteiger partial charge in [-0.1, -0.05) is 6.08 Å². The number of carbonyl (C=O) groups excluding carboxylic acids is 2. The number of amides is 3. The minimum absolute atomic E-state index is 0.00101. The average molecular weight is 211 g/mol. The number of carbonyl (C=O) groups is 2. The highest BCUT2D eigenvalue weighted by molar-refractivity contribution is 5.87. The van der Waals surface area contributed by atoms with Crippen LogP contribution in [0, 0.1) is 0 Å². The number of likely N-dealkylation sites (N-methyl/N-ethyl adjacent to an activating group) is 1. The van der Waals surface area contributed by atoms with Gasteiger partial charge in [-0.05, 0) is 13.8 Å². The van der Waals surface area contributed by atoms with E-state index in [2.05, 4.69) is 11.9 Å². The van der Waals surface area contributed by atoms with Crippen molar-refractivity contribution in [3.8, 4) is 0 Å². The molecule has 0 bridgehead atoms. The molecule has 1 unspecified atom stereocenters. The molecule has 3 amide bonds. The summed E-state index contributed by atoms with van der Waals surface area (Å²) in [6, 6.07) is -0.296. The Kier molecular flexibility index (Phi) is 3.71. The molecule has 1 aliphatic heterocycles. The Morgan fingerprint density at radius 3 is 2.87 bits per heavy atom. The maximum atomic E-state index is 11.6. The Morgan fingerprint density at radius 1 is 1.73 bits per heavy atom. The van der Waals surface area contributed by atoms with Crippen molar-refractivity contribution in [2.75, 3.05) is 19.8 Å². The number of hydrogen-bond donors (Lipinski definition) is 1. The highest BCUT2D eigenvalue weighted by Crippen LogP contribution is 2.06. The lowest BCUT2D eigenvalue weighted by Crippen LogP contribution is -2.42. The van der Waals surface area contributed by atoms with E-state index in [4.69, 9.17) is 0 Å². The van der Waals surface area contributed by atoms with Crippen LogP contribution in [0.4, 0.5) is 4.79 Å². The van der Waals surface area contributed by atoms with Gasteiger partial charge in [-0.3, -0.25) is 9.69 Å². The Morgan fingerprint density at radius 2 is 2.40 bits per heavy atom. The van der Waals surface area contributed by atoms with Gasteiger partial charge in [0.2, 0.25) is 5.91 Å². The lowest BCUT2D eigenvalue weighted by atomic mass is 10.3. The summed E-state index contributed by atoms with van der Waals surface area (Å²) in [5, 5.41) is 2.73. The molecular weight excluding hydrogens is 194 g/mol. The van der Waals surface area contributed by atoms with E-state index in [1.807, 2.05) is 13.8 Å². The van der Waals surface area contributed by atoms with E-state index in [1.54, 1.807) is 11.0 Å². The maximum Gasteiger partial charge on any atom is 0.319 e. The molecule has 0 radical (unpaired) electrons. The number of nitrogens with one attached hydrogen (secondary N) is 1. The van der Waals surface area contributed by atoms with Gasteiger partial charge in [0.25, 0.3) is 0 Å². The maximum absolute atomic E-state index is 11.6. The minimum atomic E-state index is -0.216. The molecule has 0 spiro atoms. The topological polar surface area (TPSA) is 52.7 Å². The van der Waals surface area contributed by atoms with Gasteiger partial charge in [-0.15, -0.1) is 6.58 Å². The lowest BCUT2D eigenvalue weighted by Gasteiger charge is -2.18. The summed E-state index contributed by atoms with van der Waals surface area (Å²) >= 11 is 0. The van der Waals surface area contributed by atoms with Crippen LogP contribution < -0.4 is 5.32 Å². The molecule has 84 valence electrons. The van der Waals surface area contributed by atoms with Crippen LogP contribution in [0.1, 0.15) is 13.8 Å². The summed E-state index contributed by atoms with van der Waals surface area (Å²) in [7, 11) is 0. The molecule has 1 fully saturated rings. The fourth-order valence-electron chi connectivity index (χ4n) is 1.36. The molecule has 1 rings (SSSR count). The third kappa shape index (κ3) is 2.71. The molecule has 0 aromatic carbocycles. The van der Waals surface area contributed by atoms with Crippen molar-refractivity contribution in [3.63, 3.8) is 0 Å². The van der Waals surface area contributed by atoms with Gasteiger partial charge >= 0.3 is 6.03 Å². The van der Waals surface area contributed by atoms with Crippen molar-refractivity contribution in [2.24, 2.45) is 0 Å². The second-order valence-electron chi connectivity index (χ2n) is 3.56. The Hall–Kier alpha value is -1.52. The standard InChI is InChI=1S/C10H17N3O2/c1-4-8(3)11-10(15)13-6-9(14)12(5-2)7-13/h4,8H,1,5-7H2,2-3H3,(H,11,15). The van der Waals surface area contributed by atoms with Gasteiger partial charge in [0.05, 0.1) is 6.67 Å². The van der Waals surface area contributed by atoms with Gasteiger partial charge in [-0.2, -0.15) is 0 Å². The third-order valence-corrected chi connectivity index (χ3v) is 2.39. The molecule has 0 aromatic rings. The first-order chi connectivity index (χ1) is 7.08. The van der Waals surface area contributed by atoms with Gasteiger partial charge in [0, 0.05) is 12.6 Å². The zero-order valence-corrected chi connectivity index (χ0v) is 9.19. The van der Waals surface area contributed by atoms with E-state index < -0.39 is 0 Å². The smallest absolute Gasteiger partial charge is 0.319 e. The van der Waals surface area contributed by atoms with E-state index in [0.717, 1.165) is 0 Å². The van der Waals surface area contributed by atoms with Crippen LogP contribution in [0.25, 0.3) is 0 Å². The first kappa shape index (κ1) is 11.6. The van der Waals surface area contributed by atoms with Crippen molar-refractivity contribution in [2.45, 2.75) is 19.9 Å². The predicted octanol–water partition coefficient (Wildman–Crippen LogP) is 0.392. The average Bonchev–Trinajstić information content (AvgIpc) is 2.59. The van der Waals surface area contributed by atoms with Crippen molar-refractivity contribution >= 4 is 11.9 Å². The Labute approximate surface area is 89.7 Å². The van der Waals surface area contributed by atoms with Crippen molar-refractivity contribution in [3.05, 3.63) is 12.7 Å². The number of urea groups is 1. The Balaban J connectivity index is 2.49. The van der Waals surface area contributed by atoms with Gasteiger partial charge in [-0.25, -0.2) is 4.79 Å². The van der Waals surface area contributed by atoms with Gasteiger partial charge in [0.15, 0.2) is 0 Å². The fourth-order valence-corrected chi connectivity index (χ4v) is 1.36. The van der Waals surface area contributed by atoms with Crippen LogP contribution in [0.3, 0.4) is 0 Å². The van der Waals surface area contributed by atoms with Gasteiger partial charge < -0.3 is 10.2 Å². The molecule has 15 heavy (non-hydrogen) atoms. The van der Waals surface area contributed by atoms with E-state index in [1.165, 1.54) is 4.90 Å². The zero-order chi connectivity index (χ0) is 11.4. The highest BCUT2D eigenvalue weighted by atomic mass is 16.2. The molecule has 1 atom stereocenters. The first-order valence-electron chi connectivity index (χ1n) is 5.04. The molecule has 5 nitrogen and oxygen atoms in total. The highest BCUT2D eigenvalue weighted by Gasteiger charge is 2.29. The van der Waals surface area contributed by atoms with Gasteiger partial charge in [0.1, 0.15) is 6.54 Å². The number of hydrogen-bond acceptors (Lipinski definition) is 2. The summed E-state index contributed by atoms with van der Waals surface area (Å²) in [4.78, 5) is 26.1. The second kappa shape index (κ2) is 4.82. The minimum Gasteiger partial charge on any atom is -0.332 e. The van der Waals surface area contributed by atoms with Crippen LogP contribution in [0.15, 0.2) is 12.7 Å². The molecule has 0 aromatic heterocycles. The Bertz CT molecular complexity index is 278.